The molecule has 2 rings (SSSR count). The Bertz CT molecular complexity index is 625. The molecule has 22 heavy (non-hydrogen) atoms. The van der Waals surface area contributed by atoms with Gasteiger partial charge in [-0.2, -0.15) is 0 Å². The first-order chi connectivity index (χ1) is 10.6. The number of nitrogens with one attached hydrogen (secondary N) is 1. The van der Waals surface area contributed by atoms with E-state index in [4.69, 9.17) is 11.6 Å². The van der Waals surface area contributed by atoms with Crippen LogP contribution in [0.15, 0.2) is 42.6 Å². The molecule has 0 aliphatic carbocycles. The standard InChI is InChI=1S/C17H21ClN2O2/c1-20-11-3-6-15(20)16(21)9-10-19-17(22)8-7-13-4-2-5-14(18)12-13/h2-6,11-12,16,21H,7-10H2,1H3,(H,19,22). The molecule has 1 heterocycles. The summed E-state index contributed by atoms with van der Waals surface area (Å²) in [6.07, 6.45) is 2.91. The lowest BCUT2D eigenvalue weighted by molar-refractivity contribution is -0.121. The Morgan fingerprint density at radius 3 is 2.86 bits per heavy atom. The third kappa shape index (κ3) is 4.90. The van der Waals surface area contributed by atoms with Crippen LogP contribution in [-0.4, -0.2) is 22.1 Å². The molecule has 0 aliphatic rings. The largest absolute Gasteiger partial charge is 0.387 e. The molecule has 0 spiro atoms. The summed E-state index contributed by atoms with van der Waals surface area (Å²) in [5, 5.41) is 13.6. The van der Waals surface area contributed by atoms with Crippen molar-refractivity contribution in [2.45, 2.75) is 25.4 Å². The number of rotatable bonds is 7. The molecule has 1 atom stereocenters. The second-order valence-corrected chi connectivity index (χ2v) is 5.76. The fraction of sp³-hybridized carbons (Fsp3) is 0.353. The van der Waals surface area contributed by atoms with Crippen molar-refractivity contribution >= 4 is 17.5 Å². The molecule has 0 fully saturated rings. The monoisotopic (exact) mass is 320 g/mol. The molecule has 1 aromatic carbocycles. The number of amides is 1. The van der Waals surface area contributed by atoms with Gasteiger partial charge < -0.3 is 15.0 Å². The van der Waals surface area contributed by atoms with Crippen LogP contribution >= 0.6 is 11.6 Å². The van der Waals surface area contributed by atoms with E-state index in [0.29, 0.717) is 30.8 Å². The van der Waals surface area contributed by atoms with Gasteiger partial charge in [0.2, 0.25) is 5.91 Å². The molecule has 2 aromatic rings. The summed E-state index contributed by atoms with van der Waals surface area (Å²) in [4.78, 5) is 11.8. The van der Waals surface area contributed by atoms with Crippen LogP contribution in [0.5, 0.6) is 0 Å². The van der Waals surface area contributed by atoms with Crippen molar-refractivity contribution in [2.24, 2.45) is 7.05 Å². The van der Waals surface area contributed by atoms with E-state index in [1.54, 1.807) is 0 Å². The minimum absolute atomic E-state index is 0.0148. The van der Waals surface area contributed by atoms with E-state index >= 15 is 0 Å². The SMILES string of the molecule is Cn1cccc1C(O)CCNC(=O)CCc1cccc(Cl)c1. The first-order valence-corrected chi connectivity index (χ1v) is 7.74. The van der Waals surface area contributed by atoms with Gasteiger partial charge in [-0.05, 0) is 42.7 Å². The van der Waals surface area contributed by atoms with E-state index in [1.165, 1.54) is 0 Å². The summed E-state index contributed by atoms with van der Waals surface area (Å²) in [6.45, 7) is 0.459. The lowest BCUT2D eigenvalue weighted by Gasteiger charge is -2.12. The van der Waals surface area contributed by atoms with Crippen LogP contribution in [0.3, 0.4) is 0 Å². The van der Waals surface area contributed by atoms with E-state index in [9.17, 15) is 9.90 Å². The van der Waals surface area contributed by atoms with Gasteiger partial charge in [0.15, 0.2) is 0 Å². The summed E-state index contributed by atoms with van der Waals surface area (Å²) in [5.41, 5.74) is 1.90. The van der Waals surface area contributed by atoms with Gasteiger partial charge in [0.1, 0.15) is 0 Å². The lowest BCUT2D eigenvalue weighted by Crippen LogP contribution is -2.26. The molecule has 0 bridgehead atoms. The molecule has 1 amide bonds. The smallest absolute Gasteiger partial charge is 0.220 e. The first kappa shape index (κ1) is 16.6. The Balaban J connectivity index is 1.69. The number of carbonyl (C=O) groups is 1. The Morgan fingerprint density at radius 2 is 2.18 bits per heavy atom. The summed E-state index contributed by atoms with van der Waals surface area (Å²) in [5.74, 6) is -0.0148. The van der Waals surface area contributed by atoms with E-state index < -0.39 is 6.10 Å². The van der Waals surface area contributed by atoms with Gasteiger partial charge in [-0.3, -0.25) is 4.79 Å². The van der Waals surface area contributed by atoms with Crippen molar-refractivity contribution in [1.82, 2.24) is 9.88 Å². The van der Waals surface area contributed by atoms with Gasteiger partial charge in [-0.25, -0.2) is 0 Å². The number of benzene rings is 1. The van der Waals surface area contributed by atoms with E-state index in [0.717, 1.165) is 11.3 Å². The van der Waals surface area contributed by atoms with Crippen molar-refractivity contribution < 1.29 is 9.90 Å². The topological polar surface area (TPSA) is 54.3 Å². The third-order valence-electron chi connectivity index (χ3n) is 3.60. The average Bonchev–Trinajstić information content (AvgIpc) is 2.91. The Hall–Kier alpha value is -1.78. The zero-order valence-corrected chi connectivity index (χ0v) is 13.4. The van der Waals surface area contributed by atoms with Gasteiger partial charge in [-0.1, -0.05) is 23.7 Å². The van der Waals surface area contributed by atoms with Crippen LogP contribution in [0.1, 0.15) is 30.2 Å². The van der Waals surface area contributed by atoms with E-state index in [2.05, 4.69) is 5.32 Å². The van der Waals surface area contributed by atoms with Gasteiger partial charge in [0, 0.05) is 36.9 Å². The van der Waals surface area contributed by atoms with Crippen molar-refractivity contribution in [3.05, 3.63) is 58.9 Å². The maximum Gasteiger partial charge on any atom is 0.220 e. The second-order valence-electron chi connectivity index (χ2n) is 5.33. The molecule has 5 heteroatoms. The highest BCUT2D eigenvalue weighted by Gasteiger charge is 2.10. The maximum absolute atomic E-state index is 11.8. The zero-order chi connectivity index (χ0) is 15.9. The molecule has 0 radical (unpaired) electrons. The Morgan fingerprint density at radius 1 is 1.36 bits per heavy atom. The number of aliphatic hydroxyl groups excluding tert-OH is 1. The first-order valence-electron chi connectivity index (χ1n) is 7.36. The number of aliphatic hydroxyl groups is 1. The highest BCUT2D eigenvalue weighted by molar-refractivity contribution is 6.30. The molecule has 1 unspecified atom stereocenters. The van der Waals surface area contributed by atoms with Gasteiger partial charge >= 0.3 is 0 Å². The minimum atomic E-state index is -0.562. The van der Waals surface area contributed by atoms with E-state index in [-0.39, 0.29) is 5.91 Å². The molecular formula is C17H21ClN2O2. The fourth-order valence-electron chi connectivity index (χ4n) is 2.36. The highest BCUT2D eigenvalue weighted by Crippen LogP contribution is 2.15. The van der Waals surface area contributed by atoms with E-state index in [1.807, 2.05) is 54.2 Å². The quantitative estimate of drug-likeness (QED) is 0.824. The van der Waals surface area contributed by atoms with Crippen LogP contribution in [0.2, 0.25) is 5.02 Å². The van der Waals surface area contributed by atoms with Crippen LogP contribution in [-0.2, 0) is 18.3 Å². The normalized spacial score (nSPS) is 12.1. The van der Waals surface area contributed by atoms with Gasteiger partial charge in [0.05, 0.1) is 6.10 Å². The molecule has 0 saturated heterocycles. The summed E-state index contributed by atoms with van der Waals surface area (Å²) in [6, 6.07) is 11.3. The van der Waals surface area contributed by atoms with Gasteiger partial charge in [-0.15, -0.1) is 0 Å². The Kier molecular flexibility index (Phi) is 6.04. The van der Waals surface area contributed by atoms with Crippen LogP contribution in [0.4, 0.5) is 0 Å². The molecule has 118 valence electrons. The summed E-state index contributed by atoms with van der Waals surface area (Å²) >= 11 is 5.91. The van der Waals surface area contributed by atoms with Gasteiger partial charge in [0.25, 0.3) is 0 Å². The fourth-order valence-corrected chi connectivity index (χ4v) is 2.57. The van der Waals surface area contributed by atoms with Crippen LogP contribution < -0.4 is 5.32 Å². The number of halogens is 1. The molecule has 4 nitrogen and oxygen atoms in total. The molecule has 1 aromatic heterocycles. The van der Waals surface area contributed by atoms with Crippen molar-refractivity contribution in [3.8, 4) is 0 Å². The second kappa shape index (κ2) is 8.01. The number of nitrogens with zero attached hydrogens (tertiary/aromatic N) is 1. The molecule has 2 N–H and O–H groups in total. The highest BCUT2D eigenvalue weighted by atomic mass is 35.5. The zero-order valence-electron chi connectivity index (χ0n) is 12.6. The number of hydrogen-bond acceptors (Lipinski definition) is 2. The number of hydrogen-bond donors (Lipinski definition) is 2. The average molecular weight is 321 g/mol. The number of aryl methyl sites for hydroxylation is 2. The number of carbonyl (C=O) groups excluding carboxylic acids is 1. The van der Waals surface area contributed by atoms with Crippen LogP contribution in [0, 0.1) is 0 Å². The van der Waals surface area contributed by atoms with Crippen molar-refractivity contribution in [3.63, 3.8) is 0 Å². The molecule has 0 saturated carbocycles. The summed E-state index contributed by atoms with van der Waals surface area (Å²) < 4.78 is 1.88. The third-order valence-corrected chi connectivity index (χ3v) is 3.83. The number of aromatic nitrogens is 1. The predicted octanol–water partition coefficient (Wildman–Crippen LogP) is 2.85. The predicted molar refractivity (Wildman–Crippen MR) is 87.8 cm³/mol. The van der Waals surface area contributed by atoms with Crippen molar-refractivity contribution in [1.29, 1.82) is 0 Å². The lowest BCUT2D eigenvalue weighted by atomic mass is 10.1. The summed E-state index contributed by atoms with van der Waals surface area (Å²) in [7, 11) is 1.89. The Labute approximate surface area is 135 Å². The molecular weight excluding hydrogens is 300 g/mol. The van der Waals surface area contributed by atoms with Crippen molar-refractivity contribution in [2.75, 3.05) is 6.54 Å². The maximum atomic E-state index is 11.8. The van der Waals surface area contributed by atoms with Crippen LogP contribution in [0.25, 0.3) is 0 Å². The molecule has 0 aliphatic heterocycles. The minimum Gasteiger partial charge on any atom is -0.387 e.